The molecule has 0 aromatic rings. The zero-order valence-electron chi connectivity index (χ0n) is 48.8. The van der Waals surface area contributed by atoms with Gasteiger partial charge in [-0.2, -0.15) is 0 Å². The number of aliphatic hydroxyl groups excluding tert-OH is 1. The largest absolute Gasteiger partial charge is 0.756 e. The van der Waals surface area contributed by atoms with Gasteiger partial charge in [-0.25, -0.2) is 0 Å². The molecule has 3 atom stereocenters. The highest BCUT2D eigenvalue weighted by Crippen LogP contribution is 2.38. The molecule has 0 aromatic heterocycles. The van der Waals surface area contributed by atoms with Gasteiger partial charge in [0.15, 0.2) is 0 Å². The SMILES string of the molecule is CC/C=C\C/C=C\C/C=C\C/C=C\C/C=C\C/C=C\C/C=C\C/C=C\CCCCCCCCC(=O)NC(COP(=O)([O-])OCC[N+](C)(C)C)C(O)CCCCCCCCCCCCCCCCCCCCCCC. The van der Waals surface area contributed by atoms with Crippen molar-refractivity contribution in [3.8, 4) is 0 Å². The molecule has 0 saturated heterocycles. The zero-order valence-corrected chi connectivity index (χ0v) is 49.7. The van der Waals surface area contributed by atoms with Crippen LogP contribution in [0, 0.1) is 0 Å². The zero-order chi connectivity index (χ0) is 54.2. The van der Waals surface area contributed by atoms with Crippen LogP contribution in [0.1, 0.15) is 258 Å². The molecule has 0 radical (unpaired) electrons. The fourth-order valence-corrected chi connectivity index (χ4v) is 9.31. The maximum absolute atomic E-state index is 13.0. The average Bonchev–Trinajstić information content (AvgIpc) is 3.36. The van der Waals surface area contributed by atoms with Crippen molar-refractivity contribution in [2.75, 3.05) is 40.9 Å². The van der Waals surface area contributed by atoms with Crippen LogP contribution >= 0.6 is 7.82 Å². The Hall–Kier alpha value is -2.58. The summed E-state index contributed by atoms with van der Waals surface area (Å²) >= 11 is 0. The second kappa shape index (κ2) is 55.2. The Balaban J connectivity index is 4.21. The number of unbranched alkanes of at least 4 members (excludes halogenated alkanes) is 26. The first-order valence-electron chi connectivity index (χ1n) is 30.6. The molecule has 2 N–H and O–H groups in total. The molecule has 3 unspecified atom stereocenters. The number of likely N-dealkylation sites (N-methyl/N-ethyl adjacent to an activating group) is 1. The summed E-state index contributed by atoms with van der Waals surface area (Å²) < 4.78 is 23.4. The number of phosphoric ester groups is 1. The summed E-state index contributed by atoms with van der Waals surface area (Å²) in [6.07, 6.45) is 78.7. The van der Waals surface area contributed by atoms with E-state index in [1.54, 1.807) is 0 Å². The molecular formula is C65H117N2O6P. The van der Waals surface area contributed by atoms with Gasteiger partial charge >= 0.3 is 0 Å². The maximum atomic E-state index is 13.0. The maximum Gasteiger partial charge on any atom is 0.268 e. The quantitative estimate of drug-likeness (QED) is 0.0272. The number of amides is 1. The van der Waals surface area contributed by atoms with Gasteiger partial charge in [0, 0.05) is 6.42 Å². The number of allylic oxidation sites excluding steroid dienone is 16. The first-order valence-corrected chi connectivity index (χ1v) is 32.0. The Morgan fingerprint density at radius 1 is 0.486 bits per heavy atom. The Labute approximate surface area is 458 Å². The summed E-state index contributed by atoms with van der Waals surface area (Å²) in [5, 5.41) is 14.0. The lowest BCUT2D eigenvalue weighted by Gasteiger charge is -2.30. The summed E-state index contributed by atoms with van der Waals surface area (Å²) in [4.78, 5) is 25.6. The number of hydrogen-bond donors (Lipinski definition) is 2. The number of aliphatic hydroxyl groups is 1. The molecule has 1 amide bonds. The van der Waals surface area contributed by atoms with E-state index < -0.39 is 20.0 Å². The lowest BCUT2D eigenvalue weighted by atomic mass is 10.0. The summed E-state index contributed by atoms with van der Waals surface area (Å²) in [6.45, 7) is 4.61. The Morgan fingerprint density at radius 3 is 1.20 bits per heavy atom. The Morgan fingerprint density at radius 2 is 0.824 bits per heavy atom. The fourth-order valence-electron chi connectivity index (χ4n) is 8.59. The molecule has 9 heteroatoms. The number of phosphoric acid groups is 1. The van der Waals surface area contributed by atoms with Crippen LogP contribution in [0.2, 0.25) is 0 Å². The standard InChI is InChI=1S/C65H117N2O6P/c1-6-8-10-12-14-16-18-20-22-24-26-28-29-30-31-32-33-34-35-36-37-39-41-43-45-47-49-51-53-55-57-59-65(69)66-63(62-73-74(70,71)72-61-60-67(3,4)5)64(68)58-56-54-52-50-48-46-44-42-40-38-27-25-23-21-19-17-15-13-11-9-7-2/h8,10,14,16,20,22,26,28,30-31,33-34,36-37,41,43,63-64,68H,6-7,9,11-13,15,17-19,21,23-25,27,29,32,35,38-40,42,44-62H2,1-5H3,(H-,66,69,70,71)/b10-8-,16-14-,22-20-,28-26-,31-30-,34-33-,37-36-,43-41-. The molecule has 428 valence electrons. The van der Waals surface area contributed by atoms with Crippen LogP contribution in [0.4, 0.5) is 0 Å². The van der Waals surface area contributed by atoms with Crippen molar-refractivity contribution >= 4 is 13.7 Å². The minimum absolute atomic E-state index is 0.00440. The first-order chi connectivity index (χ1) is 36.0. The third-order valence-corrected chi connectivity index (χ3v) is 14.3. The number of nitrogens with one attached hydrogen (secondary N) is 1. The molecule has 0 heterocycles. The van der Waals surface area contributed by atoms with E-state index in [1.165, 1.54) is 128 Å². The van der Waals surface area contributed by atoms with Gasteiger partial charge in [-0.3, -0.25) is 9.36 Å². The monoisotopic (exact) mass is 1050 g/mol. The Kier molecular flexibility index (Phi) is 53.3. The third-order valence-electron chi connectivity index (χ3n) is 13.3. The van der Waals surface area contributed by atoms with E-state index in [9.17, 15) is 19.4 Å². The predicted octanol–water partition coefficient (Wildman–Crippen LogP) is 18.4. The van der Waals surface area contributed by atoms with E-state index in [0.717, 1.165) is 103 Å². The molecule has 0 aromatic carbocycles. The lowest BCUT2D eigenvalue weighted by molar-refractivity contribution is -0.870. The van der Waals surface area contributed by atoms with E-state index in [2.05, 4.69) is 116 Å². The molecule has 0 rings (SSSR count). The number of rotatable bonds is 55. The molecule has 0 fully saturated rings. The van der Waals surface area contributed by atoms with Crippen LogP contribution in [0.5, 0.6) is 0 Å². The lowest BCUT2D eigenvalue weighted by Crippen LogP contribution is -2.46. The number of carbonyl (C=O) groups is 1. The van der Waals surface area contributed by atoms with Crippen LogP contribution in [0.15, 0.2) is 97.2 Å². The van der Waals surface area contributed by atoms with E-state index >= 15 is 0 Å². The highest BCUT2D eigenvalue weighted by molar-refractivity contribution is 7.45. The van der Waals surface area contributed by atoms with Gasteiger partial charge in [0.05, 0.1) is 39.9 Å². The van der Waals surface area contributed by atoms with Crippen LogP contribution in [-0.2, 0) is 18.4 Å². The number of carbonyl (C=O) groups excluding carboxylic acids is 1. The fraction of sp³-hybridized carbons (Fsp3) is 0.738. The predicted molar refractivity (Wildman–Crippen MR) is 320 cm³/mol. The molecule has 0 aliphatic rings. The topological polar surface area (TPSA) is 108 Å². The van der Waals surface area contributed by atoms with E-state index in [4.69, 9.17) is 9.05 Å². The minimum Gasteiger partial charge on any atom is -0.756 e. The van der Waals surface area contributed by atoms with Gasteiger partial charge in [0.2, 0.25) is 5.91 Å². The van der Waals surface area contributed by atoms with Crippen LogP contribution in [0.3, 0.4) is 0 Å². The van der Waals surface area contributed by atoms with Crippen LogP contribution in [0.25, 0.3) is 0 Å². The van der Waals surface area contributed by atoms with Crippen LogP contribution < -0.4 is 10.2 Å². The molecule has 0 bridgehead atoms. The van der Waals surface area contributed by atoms with Crippen molar-refractivity contribution in [1.82, 2.24) is 5.32 Å². The molecule has 0 spiro atoms. The van der Waals surface area contributed by atoms with Gasteiger partial charge in [-0.1, -0.05) is 272 Å². The molecule has 0 aliphatic carbocycles. The van der Waals surface area contributed by atoms with Gasteiger partial charge < -0.3 is 28.8 Å². The van der Waals surface area contributed by atoms with Crippen molar-refractivity contribution in [3.63, 3.8) is 0 Å². The highest BCUT2D eigenvalue weighted by Gasteiger charge is 2.24. The summed E-state index contributed by atoms with van der Waals surface area (Å²) in [7, 11) is 1.29. The molecule has 74 heavy (non-hydrogen) atoms. The van der Waals surface area contributed by atoms with Crippen LogP contribution in [-0.4, -0.2) is 68.5 Å². The summed E-state index contributed by atoms with van der Waals surface area (Å²) in [6, 6.07) is -0.817. The first kappa shape index (κ1) is 71.4. The van der Waals surface area contributed by atoms with Gasteiger partial charge in [-0.15, -0.1) is 0 Å². The number of nitrogens with zero attached hydrogens (tertiary/aromatic N) is 1. The van der Waals surface area contributed by atoms with Crippen molar-refractivity contribution in [3.05, 3.63) is 97.2 Å². The molecular weight excluding hydrogens is 936 g/mol. The number of quaternary nitrogens is 1. The second-order valence-corrected chi connectivity index (χ2v) is 23.1. The molecule has 8 nitrogen and oxygen atoms in total. The molecule has 0 saturated carbocycles. The molecule has 0 aliphatic heterocycles. The van der Waals surface area contributed by atoms with E-state index in [1.807, 2.05) is 21.1 Å². The summed E-state index contributed by atoms with van der Waals surface area (Å²) in [5.74, 6) is -0.181. The highest BCUT2D eigenvalue weighted by atomic mass is 31.2. The van der Waals surface area contributed by atoms with Crippen molar-refractivity contribution in [2.45, 2.75) is 270 Å². The van der Waals surface area contributed by atoms with Gasteiger partial charge in [0.25, 0.3) is 7.82 Å². The van der Waals surface area contributed by atoms with Crippen molar-refractivity contribution in [1.29, 1.82) is 0 Å². The van der Waals surface area contributed by atoms with Crippen molar-refractivity contribution in [2.24, 2.45) is 0 Å². The van der Waals surface area contributed by atoms with E-state index in [-0.39, 0.29) is 19.1 Å². The smallest absolute Gasteiger partial charge is 0.268 e. The number of hydrogen-bond acceptors (Lipinski definition) is 6. The average molecular weight is 1050 g/mol. The normalized spacial score (nSPS) is 14.5. The van der Waals surface area contributed by atoms with E-state index in [0.29, 0.717) is 23.9 Å². The van der Waals surface area contributed by atoms with Gasteiger partial charge in [0.1, 0.15) is 13.2 Å². The second-order valence-electron chi connectivity index (χ2n) is 21.7. The summed E-state index contributed by atoms with van der Waals surface area (Å²) in [5.41, 5.74) is 0. The Bertz CT molecular complexity index is 1520. The third kappa shape index (κ3) is 57.1. The van der Waals surface area contributed by atoms with Crippen molar-refractivity contribution < 1.29 is 32.9 Å². The van der Waals surface area contributed by atoms with Gasteiger partial charge in [-0.05, 0) is 77.0 Å². The minimum atomic E-state index is -4.59.